The average molecular weight is 444 g/mol. The summed E-state index contributed by atoms with van der Waals surface area (Å²) >= 11 is 5.80. The first-order valence-electron chi connectivity index (χ1n) is 8.80. The number of hydrogen-bond acceptors (Lipinski definition) is 4. The Balaban J connectivity index is 1.67. The van der Waals surface area contributed by atoms with Crippen molar-refractivity contribution in [1.29, 1.82) is 0 Å². The maximum atomic E-state index is 12.5. The molecule has 0 radical (unpaired) electrons. The largest absolute Gasteiger partial charge is 0.326 e. The maximum Gasteiger partial charge on any atom is 0.261 e. The van der Waals surface area contributed by atoms with Gasteiger partial charge in [0, 0.05) is 34.6 Å². The fraction of sp³-hybridized carbons (Fsp3) is 0.0476. The second-order valence-corrected chi connectivity index (χ2v) is 8.47. The predicted molar refractivity (Wildman–Crippen MR) is 117 cm³/mol. The summed E-state index contributed by atoms with van der Waals surface area (Å²) in [4.78, 5) is 23.5. The maximum absolute atomic E-state index is 12.5. The summed E-state index contributed by atoms with van der Waals surface area (Å²) in [5, 5.41) is 5.85. The van der Waals surface area contributed by atoms with Crippen LogP contribution in [-0.4, -0.2) is 20.2 Å². The molecule has 0 aliphatic carbocycles. The number of sulfonamides is 1. The molecule has 0 saturated carbocycles. The third-order valence-electron chi connectivity index (χ3n) is 3.99. The van der Waals surface area contributed by atoms with Gasteiger partial charge in [0.1, 0.15) is 0 Å². The molecule has 2 amide bonds. The number of carbonyl (C=O) groups is 2. The van der Waals surface area contributed by atoms with E-state index in [4.69, 9.17) is 11.6 Å². The lowest BCUT2D eigenvalue weighted by Crippen LogP contribution is -2.15. The zero-order chi connectivity index (χ0) is 21.7. The molecule has 0 bridgehead atoms. The Labute approximate surface area is 179 Å². The second-order valence-electron chi connectivity index (χ2n) is 6.35. The highest BCUT2D eigenvalue weighted by Gasteiger charge is 2.15. The van der Waals surface area contributed by atoms with Crippen LogP contribution in [0.4, 0.5) is 17.1 Å². The summed E-state index contributed by atoms with van der Waals surface area (Å²) in [5.74, 6) is -0.579. The van der Waals surface area contributed by atoms with Crippen LogP contribution in [0.25, 0.3) is 0 Å². The van der Waals surface area contributed by atoms with E-state index in [1.165, 1.54) is 31.2 Å². The van der Waals surface area contributed by atoms with E-state index >= 15 is 0 Å². The first kappa shape index (κ1) is 21.4. The molecule has 0 heterocycles. The van der Waals surface area contributed by atoms with Gasteiger partial charge in [-0.05, 0) is 72.8 Å². The third kappa shape index (κ3) is 5.59. The molecule has 3 aromatic carbocycles. The molecule has 0 saturated heterocycles. The standard InChI is InChI=1S/C21H18ClN3O4S/c1-14(26)23-17-8-10-18(11-9-17)24-21(27)15-2-12-20(13-3-15)30(28,29)25-19-6-4-16(22)5-7-19/h2-13,25H,1H3,(H,23,26)(H,24,27). The van der Waals surface area contributed by atoms with Gasteiger partial charge in [0.15, 0.2) is 0 Å². The van der Waals surface area contributed by atoms with E-state index in [-0.39, 0.29) is 10.8 Å². The van der Waals surface area contributed by atoms with Gasteiger partial charge >= 0.3 is 0 Å². The summed E-state index contributed by atoms with van der Waals surface area (Å²) in [5.41, 5.74) is 1.83. The Morgan fingerprint density at radius 3 is 1.77 bits per heavy atom. The van der Waals surface area contributed by atoms with Crippen LogP contribution < -0.4 is 15.4 Å². The summed E-state index contributed by atoms with van der Waals surface area (Å²) in [6.45, 7) is 1.41. The summed E-state index contributed by atoms with van der Waals surface area (Å²) in [6.07, 6.45) is 0. The second kappa shape index (κ2) is 8.98. The van der Waals surface area contributed by atoms with Crippen molar-refractivity contribution in [3.63, 3.8) is 0 Å². The molecule has 3 rings (SSSR count). The molecule has 0 unspecified atom stereocenters. The van der Waals surface area contributed by atoms with E-state index < -0.39 is 15.9 Å². The molecule has 0 aliphatic rings. The van der Waals surface area contributed by atoms with E-state index in [1.807, 2.05) is 0 Å². The zero-order valence-corrected chi connectivity index (χ0v) is 17.4. The van der Waals surface area contributed by atoms with Gasteiger partial charge in [-0.3, -0.25) is 14.3 Å². The number of amides is 2. The highest BCUT2D eigenvalue weighted by molar-refractivity contribution is 7.92. The smallest absolute Gasteiger partial charge is 0.261 e. The molecule has 3 N–H and O–H groups in total. The number of hydrogen-bond donors (Lipinski definition) is 3. The molecule has 7 nitrogen and oxygen atoms in total. The number of halogens is 1. The fourth-order valence-corrected chi connectivity index (χ4v) is 3.75. The van der Waals surface area contributed by atoms with Crippen molar-refractivity contribution < 1.29 is 18.0 Å². The van der Waals surface area contributed by atoms with Crippen molar-refractivity contribution in [3.8, 4) is 0 Å². The van der Waals surface area contributed by atoms with Gasteiger partial charge < -0.3 is 10.6 Å². The van der Waals surface area contributed by atoms with Crippen LogP contribution in [0.1, 0.15) is 17.3 Å². The van der Waals surface area contributed by atoms with Gasteiger partial charge in [0.25, 0.3) is 15.9 Å². The minimum absolute atomic E-state index is 0.0219. The van der Waals surface area contributed by atoms with Crippen LogP contribution in [0.3, 0.4) is 0 Å². The molecular weight excluding hydrogens is 426 g/mol. The highest BCUT2D eigenvalue weighted by atomic mass is 35.5. The molecule has 154 valence electrons. The number of rotatable bonds is 6. The molecule has 0 atom stereocenters. The summed E-state index contributed by atoms with van der Waals surface area (Å²) < 4.78 is 27.4. The van der Waals surface area contributed by atoms with Crippen LogP contribution in [0, 0.1) is 0 Å². The lowest BCUT2D eigenvalue weighted by molar-refractivity contribution is -0.114. The molecule has 0 aliphatic heterocycles. The Morgan fingerprint density at radius 2 is 1.23 bits per heavy atom. The molecular formula is C21H18ClN3O4S. The normalized spacial score (nSPS) is 10.9. The van der Waals surface area contributed by atoms with Gasteiger partial charge in [-0.25, -0.2) is 8.42 Å². The van der Waals surface area contributed by atoms with Gasteiger partial charge in [-0.15, -0.1) is 0 Å². The van der Waals surface area contributed by atoms with E-state index in [2.05, 4.69) is 15.4 Å². The SMILES string of the molecule is CC(=O)Nc1ccc(NC(=O)c2ccc(S(=O)(=O)Nc3ccc(Cl)cc3)cc2)cc1. The van der Waals surface area contributed by atoms with Crippen molar-refractivity contribution >= 4 is 50.5 Å². The van der Waals surface area contributed by atoms with Crippen molar-refractivity contribution in [1.82, 2.24) is 0 Å². The molecule has 30 heavy (non-hydrogen) atoms. The Kier molecular flexibility index (Phi) is 6.39. The van der Waals surface area contributed by atoms with E-state index in [1.54, 1.807) is 48.5 Å². The number of nitrogens with one attached hydrogen (secondary N) is 3. The fourth-order valence-electron chi connectivity index (χ4n) is 2.56. The minimum Gasteiger partial charge on any atom is -0.326 e. The summed E-state index contributed by atoms with van der Waals surface area (Å²) in [6, 6.07) is 18.5. The molecule has 9 heteroatoms. The van der Waals surface area contributed by atoms with E-state index in [9.17, 15) is 18.0 Å². The van der Waals surface area contributed by atoms with Gasteiger partial charge in [0.2, 0.25) is 5.91 Å². The average Bonchev–Trinajstić information content (AvgIpc) is 2.71. The number of carbonyl (C=O) groups excluding carboxylic acids is 2. The van der Waals surface area contributed by atoms with E-state index in [0.29, 0.717) is 27.6 Å². The van der Waals surface area contributed by atoms with Gasteiger partial charge in [0.05, 0.1) is 4.90 Å². The van der Waals surface area contributed by atoms with Crippen LogP contribution in [0.15, 0.2) is 77.7 Å². The van der Waals surface area contributed by atoms with Crippen molar-refractivity contribution in [2.24, 2.45) is 0 Å². The lowest BCUT2D eigenvalue weighted by Gasteiger charge is -2.10. The number of anilines is 3. The Bertz CT molecular complexity index is 1160. The molecule has 3 aromatic rings. The first-order chi connectivity index (χ1) is 14.2. The van der Waals surface area contributed by atoms with Gasteiger partial charge in [-0.1, -0.05) is 11.6 Å². The minimum atomic E-state index is -3.80. The Hall–Kier alpha value is -3.36. The van der Waals surface area contributed by atoms with Crippen molar-refractivity contribution in [2.75, 3.05) is 15.4 Å². The summed E-state index contributed by atoms with van der Waals surface area (Å²) in [7, 11) is -3.80. The highest BCUT2D eigenvalue weighted by Crippen LogP contribution is 2.20. The van der Waals surface area contributed by atoms with Crippen LogP contribution in [-0.2, 0) is 14.8 Å². The van der Waals surface area contributed by atoms with Crippen LogP contribution in [0.5, 0.6) is 0 Å². The van der Waals surface area contributed by atoms with Gasteiger partial charge in [-0.2, -0.15) is 0 Å². The third-order valence-corrected chi connectivity index (χ3v) is 5.64. The first-order valence-corrected chi connectivity index (χ1v) is 10.7. The van der Waals surface area contributed by atoms with Crippen molar-refractivity contribution in [3.05, 3.63) is 83.4 Å². The number of benzene rings is 3. The van der Waals surface area contributed by atoms with Crippen LogP contribution in [0.2, 0.25) is 5.02 Å². The van der Waals surface area contributed by atoms with E-state index in [0.717, 1.165) is 0 Å². The topological polar surface area (TPSA) is 104 Å². The quantitative estimate of drug-likeness (QED) is 0.526. The molecule has 0 fully saturated rings. The van der Waals surface area contributed by atoms with Crippen molar-refractivity contribution in [2.45, 2.75) is 11.8 Å². The Morgan fingerprint density at radius 1 is 0.733 bits per heavy atom. The molecule has 0 spiro atoms. The zero-order valence-electron chi connectivity index (χ0n) is 15.8. The predicted octanol–water partition coefficient (Wildman–Crippen LogP) is 4.35. The lowest BCUT2D eigenvalue weighted by atomic mass is 10.2. The molecule has 0 aromatic heterocycles. The van der Waals surface area contributed by atoms with Crippen LogP contribution >= 0.6 is 11.6 Å². The monoisotopic (exact) mass is 443 g/mol.